The summed E-state index contributed by atoms with van der Waals surface area (Å²) in [6.07, 6.45) is -7.07. The maximum atomic E-state index is 13.6. The highest BCUT2D eigenvalue weighted by molar-refractivity contribution is 9.10. The first-order valence-electron chi connectivity index (χ1n) is 10.0. The largest absolute Gasteiger partial charge is 0.400 e. The van der Waals surface area contributed by atoms with Crippen LogP contribution in [0.15, 0.2) is 46.9 Å². The van der Waals surface area contributed by atoms with E-state index in [1.165, 1.54) is 43.3 Å². The number of benzene rings is 2. The fourth-order valence-electron chi connectivity index (χ4n) is 3.23. The van der Waals surface area contributed by atoms with E-state index in [1.54, 1.807) is 0 Å². The summed E-state index contributed by atoms with van der Waals surface area (Å²) in [5, 5.41) is 0.124. The quantitative estimate of drug-likeness (QED) is 0.207. The lowest BCUT2D eigenvalue weighted by Gasteiger charge is -2.18. The average Bonchev–Trinajstić information content (AvgIpc) is 2.68. The van der Waals surface area contributed by atoms with Gasteiger partial charge in [-0.05, 0) is 41.3 Å². The number of halogens is 9. The summed E-state index contributed by atoms with van der Waals surface area (Å²) >= 11 is 14.9. The minimum absolute atomic E-state index is 0.00565. The van der Waals surface area contributed by atoms with E-state index in [0.29, 0.717) is 10.0 Å². The zero-order valence-corrected chi connectivity index (χ0v) is 21.9. The van der Waals surface area contributed by atoms with Crippen LogP contribution in [0.5, 0.6) is 0 Å². The molecule has 0 aliphatic heterocycles. The third kappa shape index (κ3) is 9.55. The molecule has 0 aliphatic carbocycles. The molecular formula is C23H19BrCl2F6O2S. The molecule has 2 aromatic carbocycles. The Balaban J connectivity index is 2.14. The molecule has 12 heteroatoms. The first kappa shape index (κ1) is 29.9. The Kier molecular flexibility index (Phi) is 10.5. The molecule has 2 rings (SSSR count). The van der Waals surface area contributed by atoms with E-state index < -0.39 is 46.5 Å². The van der Waals surface area contributed by atoms with E-state index in [1.807, 2.05) is 0 Å². The van der Waals surface area contributed by atoms with Crippen molar-refractivity contribution in [1.82, 2.24) is 0 Å². The Hall–Kier alpha value is -1.36. The van der Waals surface area contributed by atoms with E-state index in [-0.39, 0.29) is 33.3 Å². The van der Waals surface area contributed by atoms with E-state index in [0.717, 1.165) is 12.1 Å². The second-order valence-electron chi connectivity index (χ2n) is 7.89. The molecule has 0 saturated carbocycles. The molecule has 2 aromatic rings. The minimum Gasteiger partial charge on any atom is -0.294 e. The van der Waals surface area contributed by atoms with Gasteiger partial charge in [0.15, 0.2) is 5.78 Å². The second-order valence-corrected chi connectivity index (χ2v) is 11.1. The Morgan fingerprint density at radius 1 is 1.06 bits per heavy atom. The second kappa shape index (κ2) is 12.3. The zero-order valence-electron chi connectivity index (χ0n) is 18.0. The number of carbonyl (C=O) groups excluding carboxylic acids is 1. The Morgan fingerprint density at radius 2 is 1.71 bits per heavy atom. The summed E-state index contributed by atoms with van der Waals surface area (Å²) in [6.45, 7) is 1.53. The number of carbonyl (C=O) groups is 1. The van der Waals surface area contributed by atoms with Crippen LogP contribution in [0.25, 0.3) is 6.08 Å². The average molecular weight is 624 g/mol. The topological polar surface area (TPSA) is 34.1 Å². The summed E-state index contributed by atoms with van der Waals surface area (Å²) in [6, 6.07) is 7.97. The summed E-state index contributed by atoms with van der Waals surface area (Å²) in [7, 11) is -2.14. The predicted octanol–water partition coefficient (Wildman–Crippen LogP) is 8.64. The predicted molar refractivity (Wildman–Crippen MR) is 130 cm³/mol. The molecule has 35 heavy (non-hydrogen) atoms. The molecule has 0 amide bonds. The molecule has 0 saturated heterocycles. The number of alkyl halides is 6. The van der Waals surface area contributed by atoms with Gasteiger partial charge < -0.3 is 0 Å². The summed E-state index contributed by atoms with van der Waals surface area (Å²) in [5.74, 6) is -4.62. The monoisotopic (exact) mass is 622 g/mol. The first-order valence-corrected chi connectivity index (χ1v) is 13.0. The third-order valence-corrected chi connectivity index (χ3v) is 7.74. The van der Waals surface area contributed by atoms with Gasteiger partial charge in [0.05, 0.1) is 16.0 Å². The number of Topliss-reactive ketones (excluding diaryl/α,β-unsaturated/α-hetero) is 1. The van der Waals surface area contributed by atoms with Crippen molar-refractivity contribution in [2.45, 2.75) is 31.6 Å². The Labute approximate surface area is 219 Å². The van der Waals surface area contributed by atoms with Crippen molar-refractivity contribution < 1.29 is 35.3 Å². The van der Waals surface area contributed by atoms with Crippen molar-refractivity contribution in [2.75, 3.05) is 11.5 Å². The highest BCUT2D eigenvalue weighted by Gasteiger charge is 2.39. The lowest BCUT2D eigenvalue weighted by molar-refractivity contribution is -0.139. The van der Waals surface area contributed by atoms with Crippen molar-refractivity contribution in [3.63, 3.8) is 0 Å². The van der Waals surface area contributed by atoms with E-state index in [9.17, 15) is 35.3 Å². The molecule has 0 aliphatic rings. The van der Waals surface area contributed by atoms with Crippen molar-refractivity contribution >= 4 is 61.8 Å². The Morgan fingerprint density at radius 3 is 2.26 bits per heavy atom. The van der Waals surface area contributed by atoms with Gasteiger partial charge in [-0.2, -0.15) is 26.3 Å². The van der Waals surface area contributed by atoms with E-state index >= 15 is 0 Å². The molecule has 0 aromatic heterocycles. The molecule has 0 N–H and O–H groups in total. The van der Waals surface area contributed by atoms with Crippen molar-refractivity contribution in [2.24, 2.45) is 5.92 Å². The summed E-state index contributed by atoms with van der Waals surface area (Å²) in [5.41, 5.74) is 0.500. The molecule has 2 nitrogen and oxygen atoms in total. The van der Waals surface area contributed by atoms with Crippen molar-refractivity contribution in [3.05, 3.63) is 73.7 Å². The SMILES string of the molecule is C[C@@H](CC(=O)c1ccc(/C=C/C(c2ccc(Cl)c(Cl)c2)C(F)(F)F)cc1Br)CS(=O)CC(F)(F)F. The normalized spacial score (nSPS) is 15.3. The van der Waals surface area contributed by atoms with Gasteiger partial charge in [-0.1, -0.05) is 70.3 Å². The van der Waals surface area contributed by atoms with Crippen LogP contribution in [0.1, 0.15) is 40.7 Å². The van der Waals surface area contributed by atoms with Gasteiger partial charge in [0.2, 0.25) is 0 Å². The van der Waals surface area contributed by atoms with Crippen LogP contribution in [-0.4, -0.2) is 33.9 Å². The summed E-state index contributed by atoms with van der Waals surface area (Å²) in [4.78, 5) is 12.6. The van der Waals surface area contributed by atoms with Crippen LogP contribution in [0.2, 0.25) is 10.0 Å². The fraction of sp³-hybridized carbons (Fsp3) is 0.348. The lowest BCUT2D eigenvalue weighted by Crippen LogP contribution is -2.23. The Bertz CT molecular complexity index is 1120. The van der Waals surface area contributed by atoms with Crippen LogP contribution in [0.4, 0.5) is 26.3 Å². The minimum atomic E-state index is -4.59. The number of rotatable bonds is 9. The summed E-state index contributed by atoms with van der Waals surface area (Å²) < 4.78 is 89.8. The molecule has 0 bridgehead atoms. The van der Waals surface area contributed by atoms with E-state index in [4.69, 9.17) is 23.2 Å². The molecule has 2 unspecified atom stereocenters. The van der Waals surface area contributed by atoms with Gasteiger partial charge in [0, 0.05) is 33.0 Å². The van der Waals surface area contributed by atoms with Crippen molar-refractivity contribution in [3.8, 4) is 0 Å². The zero-order chi connectivity index (χ0) is 26.6. The van der Waals surface area contributed by atoms with Crippen LogP contribution >= 0.6 is 39.1 Å². The number of hydrogen-bond acceptors (Lipinski definition) is 2. The highest BCUT2D eigenvalue weighted by atomic mass is 79.9. The number of hydrogen-bond donors (Lipinski definition) is 0. The van der Waals surface area contributed by atoms with Gasteiger partial charge in [-0.3, -0.25) is 9.00 Å². The molecule has 3 atom stereocenters. The molecule has 192 valence electrons. The first-order chi connectivity index (χ1) is 16.1. The molecular weight excluding hydrogens is 605 g/mol. The van der Waals surface area contributed by atoms with Crippen LogP contribution in [-0.2, 0) is 10.8 Å². The maximum absolute atomic E-state index is 13.6. The standard InChI is InChI=1S/C23H19BrCl2F6O2S/c1-13(11-35(34)12-22(27,28)29)8-21(33)16-5-2-14(9-18(16)24)3-6-17(23(30,31)32)15-4-7-19(25)20(26)10-15/h2-7,9-10,13,17H,8,11-12H2,1H3/b6-3+/t13-,17?,35?/m0/s1. The lowest BCUT2D eigenvalue weighted by atomic mass is 9.96. The van der Waals surface area contributed by atoms with Gasteiger partial charge >= 0.3 is 12.4 Å². The molecule has 0 heterocycles. The van der Waals surface area contributed by atoms with Crippen LogP contribution < -0.4 is 0 Å². The van der Waals surface area contributed by atoms with E-state index in [2.05, 4.69) is 15.9 Å². The van der Waals surface area contributed by atoms with Gasteiger partial charge in [0.25, 0.3) is 0 Å². The van der Waals surface area contributed by atoms with Crippen LogP contribution in [0.3, 0.4) is 0 Å². The van der Waals surface area contributed by atoms with Crippen LogP contribution in [0, 0.1) is 5.92 Å². The molecule has 0 radical (unpaired) electrons. The smallest absolute Gasteiger partial charge is 0.294 e. The van der Waals surface area contributed by atoms with Crippen molar-refractivity contribution in [1.29, 1.82) is 0 Å². The fourth-order valence-corrected chi connectivity index (χ4v) is 5.39. The van der Waals surface area contributed by atoms with Gasteiger partial charge in [-0.15, -0.1) is 0 Å². The van der Waals surface area contributed by atoms with Gasteiger partial charge in [0.1, 0.15) is 5.75 Å². The van der Waals surface area contributed by atoms with Gasteiger partial charge in [-0.25, -0.2) is 0 Å². The molecule has 0 fully saturated rings. The number of allylic oxidation sites excluding steroid dienone is 1. The maximum Gasteiger partial charge on any atom is 0.400 e. The highest BCUT2D eigenvalue weighted by Crippen LogP contribution is 2.38. The molecule has 0 spiro atoms. The third-order valence-electron chi connectivity index (χ3n) is 4.76. The number of ketones is 1.